The molecule has 7 heteroatoms. The number of nitrogens with one attached hydrogen (secondary N) is 1. The van der Waals surface area contributed by atoms with E-state index in [0.717, 1.165) is 11.4 Å². The molecule has 27 heavy (non-hydrogen) atoms. The van der Waals surface area contributed by atoms with Gasteiger partial charge in [-0.05, 0) is 23.3 Å². The number of nitrogens with zero attached hydrogens (tertiary/aromatic N) is 3. The molecule has 138 valence electrons. The van der Waals surface area contributed by atoms with E-state index in [-0.39, 0.29) is 12.3 Å². The number of sulfonamides is 1. The van der Waals surface area contributed by atoms with E-state index in [4.69, 9.17) is 5.26 Å². The number of imidazole rings is 1. The van der Waals surface area contributed by atoms with Gasteiger partial charge >= 0.3 is 0 Å². The van der Waals surface area contributed by atoms with Crippen LogP contribution in [0.15, 0.2) is 67.0 Å². The van der Waals surface area contributed by atoms with Crippen LogP contribution in [0.25, 0.3) is 0 Å². The molecule has 1 N–H and O–H groups in total. The SMILES string of the molecule is N#Cc1cccc(CS(=O)(=O)NCCc2nccn2Cc2ccccc2)c1. The standard InChI is InChI=1S/C20H20N4O2S/c21-14-18-7-4-8-19(13-18)16-27(25,26)23-10-9-20-22-11-12-24(20)15-17-5-2-1-3-6-17/h1-8,11-13,23H,9-10,15-16H2. The summed E-state index contributed by atoms with van der Waals surface area (Å²) in [6.45, 7) is 0.968. The van der Waals surface area contributed by atoms with Crippen LogP contribution in [0.5, 0.6) is 0 Å². The third-order valence-corrected chi connectivity index (χ3v) is 5.44. The summed E-state index contributed by atoms with van der Waals surface area (Å²) in [5.41, 5.74) is 2.20. The molecule has 6 nitrogen and oxygen atoms in total. The second-order valence-corrected chi connectivity index (χ2v) is 7.98. The molecule has 0 atom stereocenters. The van der Waals surface area contributed by atoms with Gasteiger partial charge < -0.3 is 4.57 Å². The molecule has 0 saturated heterocycles. The van der Waals surface area contributed by atoms with Crippen molar-refractivity contribution in [2.45, 2.75) is 18.7 Å². The van der Waals surface area contributed by atoms with Crippen LogP contribution < -0.4 is 4.72 Å². The highest BCUT2D eigenvalue weighted by molar-refractivity contribution is 7.88. The van der Waals surface area contributed by atoms with Crippen LogP contribution in [0.3, 0.4) is 0 Å². The predicted molar refractivity (Wildman–Crippen MR) is 103 cm³/mol. The highest BCUT2D eigenvalue weighted by atomic mass is 32.2. The third kappa shape index (κ3) is 5.51. The van der Waals surface area contributed by atoms with Crippen LogP contribution in [0, 0.1) is 11.3 Å². The zero-order chi connectivity index (χ0) is 19.1. The Morgan fingerprint density at radius 1 is 1.07 bits per heavy atom. The number of nitriles is 1. The fourth-order valence-corrected chi connectivity index (χ4v) is 3.95. The molecule has 0 saturated carbocycles. The normalized spacial score (nSPS) is 11.2. The number of hydrogen-bond donors (Lipinski definition) is 1. The van der Waals surface area contributed by atoms with Crippen LogP contribution in [0.1, 0.15) is 22.5 Å². The molecule has 1 heterocycles. The van der Waals surface area contributed by atoms with Crippen LogP contribution >= 0.6 is 0 Å². The van der Waals surface area contributed by atoms with Crippen LogP contribution in [0.4, 0.5) is 0 Å². The van der Waals surface area contributed by atoms with Gasteiger partial charge in [-0.25, -0.2) is 18.1 Å². The van der Waals surface area contributed by atoms with Crippen molar-refractivity contribution >= 4 is 10.0 Å². The topological polar surface area (TPSA) is 87.8 Å². The molecule has 0 amide bonds. The maximum Gasteiger partial charge on any atom is 0.215 e. The zero-order valence-electron chi connectivity index (χ0n) is 14.7. The minimum atomic E-state index is -3.48. The van der Waals surface area contributed by atoms with Gasteiger partial charge in [-0.2, -0.15) is 5.26 Å². The Bertz CT molecular complexity index is 1040. The molecular formula is C20H20N4O2S. The van der Waals surface area contributed by atoms with Crippen molar-refractivity contribution in [2.24, 2.45) is 0 Å². The molecule has 2 aromatic carbocycles. The lowest BCUT2D eigenvalue weighted by molar-refractivity contribution is 0.578. The first-order valence-corrected chi connectivity index (χ1v) is 10.2. The summed E-state index contributed by atoms with van der Waals surface area (Å²) in [7, 11) is -3.48. The van der Waals surface area contributed by atoms with E-state index in [2.05, 4.69) is 9.71 Å². The molecule has 0 fully saturated rings. The van der Waals surface area contributed by atoms with Gasteiger partial charge in [-0.3, -0.25) is 0 Å². The average Bonchev–Trinajstić information content (AvgIpc) is 3.09. The van der Waals surface area contributed by atoms with Gasteiger partial charge in [0.2, 0.25) is 10.0 Å². The molecule has 3 rings (SSSR count). The van der Waals surface area contributed by atoms with Crippen molar-refractivity contribution < 1.29 is 8.42 Å². The Hall–Kier alpha value is -2.95. The van der Waals surface area contributed by atoms with Crippen LogP contribution in [-0.4, -0.2) is 24.5 Å². The average molecular weight is 380 g/mol. The van der Waals surface area contributed by atoms with Crippen molar-refractivity contribution in [1.29, 1.82) is 5.26 Å². The monoisotopic (exact) mass is 380 g/mol. The zero-order valence-corrected chi connectivity index (χ0v) is 15.6. The van der Waals surface area contributed by atoms with Crippen molar-refractivity contribution in [2.75, 3.05) is 6.54 Å². The lowest BCUT2D eigenvalue weighted by atomic mass is 10.2. The second kappa shape index (κ2) is 8.62. The fraction of sp³-hybridized carbons (Fsp3) is 0.200. The van der Waals surface area contributed by atoms with E-state index < -0.39 is 10.0 Å². The summed E-state index contributed by atoms with van der Waals surface area (Å²) in [5.74, 6) is 0.675. The predicted octanol–water partition coefficient (Wildman–Crippen LogP) is 2.47. The van der Waals surface area contributed by atoms with Crippen molar-refractivity contribution in [3.63, 3.8) is 0 Å². The van der Waals surface area contributed by atoms with Gasteiger partial charge in [0.05, 0.1) is 17.4 Å². The summed E-state index contributed by atoms with van der Waals surface area (Å²) in [6, 6.07) is 18.7. The van der Waals surface area contributed by atoms with Gasteiger partial charge in [0.25, 0.3) is 0 Å². The molecule has 3 aromatic rings. The van der Waals surface area contributed by atoms with Crippen LogP contribution in [0.2, 0.25) is 0 Å². The number of hydrogen-bond acceptors (Lipinski definition) is 4. The van der Waals surface area contributed by atoms with E-state index in [9.17, 15) is 8.42 Å². The number of benzene rings is 2. The molecule has 1 aromatic heterocycles. The first-order chi connectivity index (χ1) is 13.1. The highest BCUT2D eigenvalue weighted by Crippen LogP contribution is 2.09. The number of aromatic nitrogens is 2. The van der Waals surface area contributed by atoms with Crippen molar-refractivity contribution in [1.82, 2.24) is 14.3 Å². The van der Waals surface area contributed by atoms with Crippen molar-refractivity contribution in [3.8, 4) is 6.07 Å². The first-order valence-electron chi connectivity index (χ1n) is 8.56. The molecule has 0 bridgehead atoms. The molecule has 0 unspecified atom stereocenters. The summed E-state index contributed by atoms with van der Waals surface area (Å²) < 4.78 is 29.2. The minimum absolute atomic E-state index is 0.152. The van der Waals surface area contributed by atoms with E-state index in [1.807, 2.05) is 47.2 Å². The summed E-state index contributed by atoms with van der Waals surface area (Å²) in [4.78, 5) is 4.33. The van der Waals surface area contributed by atoms with Gasteiger partial charge in [-0.15, -0.1) is 0 Å². The lowest BCUT2D eigenvalue weighted by Gasteiger charge is -2.10. The quantitative estimate of drug-likeness (QED) is 0.650. The minimum Gasteiger partial charge on any atom is -0.330 e. The first kappa shape index (κ1) is 18.8. The van der Waals surface area contributed by atoms with E-state index >= 15 is 0 Å². The largest absolute Gasteiger partial charge is 0.330 e. The Labute approximate surface area is 159 Å². The summed E-state index contributed by atoms with van der Waals surface area (Å²) >= 11 is 0. The van der Waals surface area contributed by atoms with Gasteiger partial charge in [0, 0.05) is 31.9 Å². The molecule has 0 aliphatic heterocycles. The maximum atomic E-state index is 12.3. The second-order valence-electron chi connectivity index (χ2n) is 6.17. The number of rotatable bonds is 8. The smallest absolute Gasteiger partial charge is 0.215 e. The molecular weight excluding hydrogens is 360 g/mol. The lowest BCUT2D eigenvalue weighted by Crippen LogP contribution is -2.28. The summed E-state index contributed by atoms with van der Waals surface area (Å²) in [6.07, 6.45) is 4.11. The summed E-state index contributed by atoms with van der Waals surface area (Å²) in [5, 5.41) is 8.91. The third-order valence-electron chi connectivity index (χ3n) is 4.08. The van der Waals surface area contributed by atoms with Gasteiger partial charge in [-0.1, -0.05) is 42.5 Å². The van der Waals surface area contributed by atoms with Crippen LogP contribution in [-0.2, 0) is 28.7 Å². The molecule has 0 radical (unpaired) electrons. The van der Waals surface area contributed by atoms with Gasteiger partial charge in [0.1, 0.15) is 5.82 Å². The molecule has 0 aliphatic carbocycles. The Morgan fingerprint density at radius 3 is 2.63 bits per heavy atom. The van der Waals surface area contributed by atoms with E-state index in [1.54, 1.807) is 30.5 Å². The van der Waals surface area contributed by atoms with Gasteiger partial charge in [0.15, 0.2) is 0 Å². The van der Waals surface area contributed by atoms with Crippen molar-refractivity contribution in [3.05, 3.63) is 89.5 Å². The Kier molecular flexibility index (Phi) is 6.01. The Balaban J connectivity index is 1.56. The fourth-order valence-electron chi connectivity index (χ4n) is 2.81. The Morgan fingerprint density at radius 2 is 1.85 bits per heavy atom. The molecule has 0 aliphatic rings. The maximum absolute atomic E-state index is 12.3. The van der Waals surface area contributed by atoms with E-state index in [0.29, 0.717) is 24.1 Å². The van der Waals surface area contributed by atoms with E-state index in [1.165, 1.54) is 0 Å². The molecule has 0 spiro atoms. The highest BCUT2D eigenvalue weighted by Gasteiger charge is 2.12.